The molecule has 2 amide bonds. The highest BCUT2D eigenvalue weighted by Crippen LogP contribution is 2.08. The van der Waals surface area contributed by atoms with Gasteiger partial charge in [0.05, 0.1) is 6.54 Å². The Balaban J connectivity index is 1.74. The summed E-state index contributed by atoms with van der Waals surface area (Å²) in [6.45, 7) is 3.43. The first kappa shape index (κ1) is 13.8. The minimum atomic E-state index is -0.902. The molecule has 0 unspecified atom stereocenters. The Kier molecular flexibility index (Phi) is 4.36. The second-order valence-corrected chi connectivity index (χ2v) is 4.97. The lowest BCUT2D eigenvalue weighted by atomic mass is 10.1. The van der Waals surface area contributed by atoms with Gasteiger partial charge in [-0.25, -0.2) is 4.79 Å². The highest BCUT2D eigenvalue weighted by atomic mass is 16.4. The fraction of sp³-hybridized carbons (Fsp3) is 0.750. The third-order valence-corrected chi connectivity index (χ3v) is 3.68. The van der Waals surface area contributed by atoms with E-state index in [0.29, 0.717) is 58.7 Å². The molecule has 2 aliphatic heterocycles. The molecule has 0 aromatic rings. The van der Waals surface area contributed by atoms with Gasteiger partial charge in [-0.1, -0.05) is 0 Å². The predicted molar refractivity (Wildman–Crippen MR) is 66.9 cm³/mol. The van der Waals surface area contributed by atoms with Gasteiger partial charge in [0, 0.05) is 52.1 Å². The number of carboxylic acid groups (broad SMARTS) is 1. The van der Waals surface area contributed by atoms with Crippen LogP contribution >= 0.6 is 0 Å². The van der Waals surface area contributed by atoms with Crippen LogP contribution in [-0.2, 0) is 9.59 Å². The van der Waals surface area contributed by atoms with E-state index in [4.69, 9.17) is 5.11 Å². The van der Waals surface area contributed by atoms with Gasteiger partial charge in [-0.05, 0) is 0 Å². The molecule has 2 saturated heterocycles. The number of rotatable bonds is 2. The second kappa shape index (κ2) is 6.01. The molecule has 2 aliphatic rings. The molecular formula is C12H19N3O4. The molecule has 0 aliphatic carbocycles. The van der Waals surface area contributed by atoms with E-state index in [1.54, 1.807) is 4.90 Å². The van der Waals surface area contributed by atoms with E-state index < -0.39 is 6.09 Å². The number of nitrogens with zero attached hydrogens (tertiary/aromatic N) is 3. The highest BCUT2D eigenvalue weighted by molar-refractivity contribution is 5.84. The van der Waals surface area contributed by atoms with Crippen LogP contribution in [0.4, 0.5) is 4.79 Å². The monoisotopic (exact) mass is 269 g/mol. The minimum absolute atomic E-state index is 0.0382. The van der Waals surface area contributed by atoms with Gasteiger partial charge < -0.3 is 14.9 Å². The largest absolute Gasteiger partial charge is 0.465 e. The lowest BCUT2D eigenvalue weighted by Gasteiger charge is -2.34. The summed E-state index contributed by atoms with van der Waals surface area (Å²) in [6.07, 6.45) is 0.0115. The molecule has 106 valence electrons. The zero-order valence-electron chi connectivity index (χ0n) is 10.9. The number of likely N-dealkylation sites (tertiary alicyclic amines) is 1. The molecule has 7 nitrogen and oxygen atoms in total. The van der Waals surface area contributed by atoms with E-state index in [-0.39, 0.29) is 11.7 Å². The third-order valence-electron chi connectivity index (χ3n) is 3.68. The van der Waals surface area contributed by atoms with Crippen molar-refractivity contribution in [2.24, 2.45) is 0 Å². The molecule has 0 radical (unpaired) electrons. The van der Waals surface area contributed by atoms with Crippen LogP contribution < -0.4 is 0 Å². The molecule has 2 fully saturated rings. The van der Waals surface area contributed by atoms with Gasteiger partial charge in [0.25, 0.3) is 0 Å². The summed E-state index contributed by atoms with van der Waals surface area (Å²) in [5.41, 5.74) is 0. The van der Waals surface area contributed by atoms with Crippen molar-refractivity contribution < 1.29 is 19.5 Å². The Morgan fingerprint density at radius 2 is 1.53 bits per heavy atom. The normalized spacial score (nSPS) is 21.6. The van der Waals surface area contributed by atoms with Crippen LogP contribution in [0, 0.1) is 0 Å². The molecule has 0 atom stereocenters. The standard InChI is InChI=1S/C12H19N3O4/c16-10-1-3-14(4-2-10)11(17)9-13-5-7-15(8-6-13)12(18)19/h1-9H2,(H,18,19). The number of hydrogen-bond acceptors (Lipinski definition) is 4. The average molecular weight is 269 g/mol. The maximum absolute atomic E-state index is 12.0. The van der Waals surface area contributed by atoms with Crippen molar-refractivity contribution in [3.8, 4) is 0 Å². The van der Waals surface area contributed by atoms with E-state index in [0.717, 1.165) is 0 Å². The van der Waals surface area contributed by atoms with Crippen molar-refractivity contribution >= 4 is 17.8 Å². The van der Waals surface area contributed by atoms with Crippen molar-refractivity contribution in [2.75, 3.05) is 45.8 Å². The molecule has 7 heteroatoms. The van der Waals surface area contributed by atoms with E-state index >= 15 is 0 Å². The van der Waals surface area contributed by atoms with Gasteiger partial charge in [0.1, 0.15) is 5.78 Å². The van der Waals surface area contributed by atoms with Crippen molar-refractivity contribution in [3.05, 3.63) is 0 Å². The lowest BCUT2D eigenvalue weighted by Crippen LogP contribution is -2.52. The number of carbonyl (C=O) groups excluding carboxylic acids is 2. The van der Waals surface area contributed by atoms with Gasteiger partial charge in [-0.2, -0.15) is 0 Å². The second-order valence-electron chi connectivity index (χ2n) is 4.97. The van der Waals surface area contributed by atoms with E-state index in [1.807, 2.05) is 4.90 Å². The average Bonchev–Trinajstić information content (AvgIpc) is 2.40. The molecule has 19 heavy (non-hydrogen) atoms. The molecule has 2 heterocycles. The minimum Gasteiger partial charge on any atom is -0.465 e. The summed E-state index contributed by atoms with van der Waals surface area (Å²) in [4.78, 5) is 39.0. The van der Waals surface area contributed by atoms with Gasteiger partial charge in [-0.15, -0.1) is 0 Å². The molecule has 0 aromatic heterocycles. The van der Waals surface area contributed by atoms with Crippen molar-refractivity contribution in [2.45, 2.75) is 12.8 Å². The maximum atomic E-state index is 12.0. The van der Waals surface area contributed by atoms with Crippen molar-refractivity contribution in [3.63, 3.8) is 0 Å². The number of carbonyl (C=O) groups is 3. The SMILES string of the molecule is O=C1CCN(C(=O)CN2CCN(C(=O)O)CC2)CC1. The summed E-state index contributed by atoms with van der Waals surface area (Å²) in [7, 11) is 0. The predicted octanol–water partition coefficient (Wildman–Crippen LogP) is -0.526. The number of piperidine rings is 1. The molecule has 0 spiro atoms. The van der Waals surface area contributed by atoms with Crippen LogP contribution in [0.15, 0.2) is 0 Å². The summed E-state index contributed by atoms with van der Waals surface area (Å²) >= 11 is 0. The van der Waals surface area contributed by atoms with Crippen LogP contribution in [0.3, 0.4) is 0 Å². The van der Waals surface area contributed by atoms with Crippen LogP contribution in [0.2, 0.25) is 0 Å². The first-order valence-electron chi connectivity index (χ1n) is 6.56. The van der Waals surface area contributed by atoms with E-state index in [2.05, 4.69) is 0 Å². The molecule has 2 rings (SSSR count). The fourth-order valence-electron chi connectivity index (χ4n) is 2.39. The molecule has 0 aromatic carbocycles. The zero-order chi connectivity index (χ0) is 13.8. The quantitative estimate of drug-likeness (QED) is 0.729. The van der Waals surface area contributed by atoms with Crippen molar-refractivity contribution in [1.82, 2.24) is 14.7 Å². The first-order chi connectivity index (χ1) is 9.06. The topological polar surface area (TPSA) is 81.2 Å². The first-order valence-corrected chi connectivity index (χ1v) is 6.56. The smallest absolute Gasteiger partial charge is 0.407 e. The number of Topliss-reactive ketones (excluding diaryl/α,β-unsaturated/α-hetero) is 1. The van der Waals surface area contributed by atoms with Crippen LogP contribution in [0.1, 0.15) is 12.8 Å². The van der Waals surface area contributed by atoms with Crippen LogP contribution in [0.25, 0.3) is 0 Å². The Bertz CT molecular complexity index is 367. The lowest BCUT2D eigenvalue weighted by molar-refractivity contribution is -0.135. The van der Waals surface area contributed by atoms with E-state index in [9.17, 15) is 14.4 Å². The number of amides is 2. The number of ketones is 1. The third kappa shape index (κ3) is 3.66. The molecule has 0 saturated carbocycles. The zero-order valence-corrected chi connectivity index (χ0v) is 10.9. The summed E-state index contributed by atoms with van der Waals surface area (Å²) in [6, 6.07) is 0. The van der Waals surface area contributed by atoms with Crippen molar-refractivity contribution in [1.29, 1.82) is 0 Å². The van der Waals surface area contributed by atoms with Gasteiger partial charge in [0.15, 0.2) is 0 Å². The Morgan fingerprint density at radius 1 is 0.947 bits per heavy atom. The van der Waals surface area contributed by atoms with Crippen LogP contribution in [-0.4, -0.2) is 83.4 Å². The fourth-order valence-corrected chi connectivity index (χ4v) is 2.39. The number of piperazine rings is 1. The summed E-state index contributed by atoms with van der Waals surface area (Å²) in [5.74, 6) is 0.260. The molecule has 1 N–H and O–H groups in total. The summed E-state index contributed by atoms with van der Waals surface area (Å²) < 4.78 is 0. The van der Waals surface area contributed by atoms with Gasteiger partial charge >= 0.3 is 6.09 Å². The Morgan fingerprint density at radius 3 is 2.05 bits per heavy atom. The molecular weight excluding hydrogens is 250 g/mol. The van der Waals surface area contributed by atoms with Gasteiger partial charge in [0.2, 0.25) is 5.91 Å². The molecule has 0 bridgehead atoms. The Hall–Kier alpha value is -1.63. The highest BCUT2D eigenvalue weighted by Gasteiger charge is 2.25. The maximum Gasteiger partial charge on any atom is 0.407 e. The number of hydrogen-bond donors (Lipinski definition) is 1. The van der Waals surface area contributed by atoms with Gasteiger partial charge in [-0.3, -0.25) is 14.5 Å². The Labute approximate surface area is 111 Å². The summed E-state index contributed by atoms with van der Waals surface area (Å²) in [5, 5.41) is 8.84. The van der Waals surface area contributed by atoms with E-state index in [1.165, 1.54) is 4.90 Å². The van der Waals surface area contributed by atoms with Crippen LogP contribution in [0.5, 0.6) is 0 Å².